The zero-order valence-electron chi connectivity index (χ0n) is 22.2. The third kappa shape index (κ3) is 6.49. The van der Waals surface area contributed by atoms with Gasteiger partial charge in [0.1, 0.15) is 5.82 Å². The van der Waals surface area contributed by atoms with Gasteiger partial charge in [0.05, 0.1) is 23.1 Å². The quantitative estimate of drug-likeness (QED) is 0.415. The molecule has 2 aromatic rings. The molecule has 15 heteroatoms. The number of hydrogen-bond donors (Lipinski definition) is 1. The summed E-state index contributed by atoms with van der Waals surface area (Å²) in [7, 11) is 2.30. The first-order chi connectivity index (χ1) is 19.5. The molecule has 4 rings (SSSR count). The van der Waals surface area contributed by atoms with Crippen LogP contribution in [0.25, 0.3) is 0 Å². The van der Waals surface area contributed by atoms with Crippen molar-refractivity contribution in [3.63, 3.8) is 0 Å². The number of urea groups is 1. The molecule has 0 aromatic heterocycles. The third-order valence-corrected chi connectivity index (χ3v) is 7.44. The number of hydrogen-bond acceptors (Lipinski definition) is 4. The van der Waals surface area contributed by atoms with E-state index in [0.717, 1.165) is 24.1 Å². The van der Waals surface area contributed by atoms with E-state index in [1.807, 2.05) is 0 Å². The largest absolute Gasteiger partial charge is 0.416 e. The van der Waals surface area contributed by atoms with Crippen LogP contribution < -0.4 is 10.2 Å². The summed E-state index contributed by atoms with van der Waals surface area (Å²) < 4.78 is 94.0. The smallest absolute Gasteiger partial charge is 0.340 e. The van der Waals surface area contributed by atoms with Crippen molar-refractivity contribution in [1.29, 1.82) is 0 Å². The molecule has 2 fully saturated rings. The Bertz CT molecular complexity index is 1350. The zero-order chi connectivity index (χ0) is 31.1. The topological polar surface area (TPSA) is 90.0 Å². The lowest BCUT2D eigenvalue weighted by Crippen LogP contribution is -2.48. The van der Waals surface area contributed by atoms with Gasteiger partial charge >= 0.3 is 18.4 Å². The van der Waals surface area contributed by atoms with Gasteiger partial charge in [-0.05, 0) is 35.9 Å². The van der Waals surface area contributed by atoms with Crippen molar-refractivity contribution in [3.05, 3.63) is 65.0 Å². The predicted octanol–water partition coefficient (Wildman–Crippen LogP) is 4.40. The van der Waals surface area contributed by atoms with Crippen molar-refractivity contribution in [2.24, 2.45) is 5.92 Å². The second-order valence-corrected chi connectivity index (χ2v) is 10.3. The van der Waals surface area contributed by atoms with Crippen LogP contribution in [0.3, 0.4) is 0 Å². The summed E-state index contributed by atoms with van der Waals surface area (Å²) in [5, 5.41) is 2.11. The van der Waals surface area contributed by atoms with Gasteiger partial charge in [0, 0.05) is 51.6 Å². The molecule has 2 heterocycles. The average molecular weight is 603 g/mol. The van der Waals surface area contributed by atoms with Gasteiger partial charge < -0.3 is 9.80 Å². The molecular weight excluding hydrogens is 577 g/mol. The number of rotatable bonds is 4. The van der Waals surface area contributed by atoms with Gasteiger partial charge in [0.25, 0.3) is 0 Å². The molecule has 2 saturated heterocycles. The minimum absolute atomic E-state index is 0.00937. The molecule has 0 aliphatic carbocycles. The number of carbonyl (C=O) groups excluding carboxylic acids is 4. The van der Waals surface area contributed by atoms with Gasteiger partial charge in [-0.2, -0.15) is 26.3 Å². The van der Waals surface area contributed by atoms with Crippen molar-refractivity contribution in [2.75, 3.05) is 32.1 Å². The third-order valence-electron chi connectivity index (χ3n) is 7.44. The summed E-state index contributed by atoms with van der Waals surface area (Å²) in [6.45, 7) is -0.135. The van der Waals surface area contributed by atoms with Crippen molar-refractivity contribution < 1.29 is 49.9 Å². The molecule has 1 N–H and O–H groups in total. The van der Waals surface area contributed by atoms with Gasteiger partial charge in [-0.25, -0.2) is 9.18 Å². The predicted molar refractivity (Wildman–Crippen MR) is 133 cm³/mol. The van der Waals surface area contributed by atoms with Gasteiger partial charge in [0.2, 0.25) is 17.7 Å². The number of benzene rings is 2. The fourth-order valence-electron chi connectivity index (χ4n) is 5.23. The van der Waals surface area contributed by atoms with Crippen LogP contribution in [-0.4, -0.2) is 66.8 Å². The number of carbonyl (C=O) groups is 4. The summed E-state index contributed by atoms with van der Waals surface area (Å²) in [6, 6.07) is 4.17. The molecule has 2 aliphatic heterocycles. The number of imide groups is 1. The summed E-state index contributed by atoms with van der Waals surface area (Å²) in [4.78, 5) is 53.5. The Morgan fingerprint density at radius 2 is 1.38 bits per heavy atom. The van der Waals surface area contributed by atoms with E-state index in [1.54, 1.807) is 0 Å². The maximum Gasteiger partial charge on any atom is 0.416 e. The van der Waals surface area contributed by atoms with E-state index in [1.165, 1.54) is 24.1 Å². The van der Waals surface area contributed by atoms with E-state index in [-0.39, 0.29) is 32.0 Å². The molecule has 0 saturated carbocycles. The maximum atomic E-state index is 13.6. The van der Waals surface area contributed by atoms with Crippen molar-refractivity contribution >= 4 is 29.4 Å². The van der Waals surface area contributed by atoms with Crippen LogP contribution in [0.1, 0.15) is 35.4 Å². The second-order valence-electron chi connectivity index (χ2n) is 10.3. The SMILES string of the molecule is CN(C(=O)N(C)[C@@H]1CN(C(=O)C2CC(=O)NC(=O)C2)C[C@H]1c1ccc(F)cc1)c1cc(C(F)(F)F)cc(C(F)(F)F)c1. The lowest BCUT2D eigenvalue weighted by Gasteiger charge is -2.33. The molecule has 2 aliphatic rings. The summed E-state index contributed by atoms with van der Waals surface area (Å²) >= 11 is 0. The number of amides is 5. The van der Waals surface area contributed by atoms with Crippen molar-refractivity contribution in [3.8, 4) is 0 Å². The number of likely N-dealkylation sites (tertiary alicyclic amines) is 1. The Kier molecular flexibility index (Phi) is 8.24. The van der Waals surface area contributed by atoms with Gasteiger partial charge in [-0.1, -0.05) is 12.1 Å². The Labute approximate surface area is 235 Å². The van der Waals surface area contributed by atoms with E-state index in [4.69, 9.17) is 0 Å². The Balaban J connectivity index is 1.64. The molecule has 2 aromatic carbocycles. The number of likely N-dealkylation sites (N-methyl/N-ethyl adjacent to an activating group) is 1. The number of anilines is 1. The van der Waals surface area contributed by atoms with Gasteiger partial charge in [-0.3, -0.25) is 24.6 Å². The summed E-state index contributed by atoms with van der Waals surface area (Å²) in [5.74, 6) is -3.92. The Hall–Kier alpha value is -4.17. The minimum atomic E-state index is -5.12. The Morgan fingerprint density at radius 1 is 0.857 bits per heavy atom. The zero-order valence-corrected chi connectivity index (χ0v) is 22.2. The molecule has 42 heavy (non-hydrogen) atoms. The lowest BCUT2D eigenvalue weighted by molar-refractivity contribution is -0.144. The number of piperidine rings is 1. The van der Waals surface area contributed by atoms with E-state index < -0.39 is 76.6 Å². The van der Waals surface area contributed by atoms with Crippen LogP contribution in [0.4, 0.5) is 41.2 Å². The highest BCUT2D eigenvalue weighted by Gasteiger charge is 2.44. The molecule has 0 unspecified atom stereocenters. The first kappa shape index (κ1) is 30.8. The molecule has 226 valence electrons. The van der Waals surface area contributed by atoms with Crippen LogP contribution in [0, 0.1) is 11.7 Å². The van der Waals surface area contributed by atoms with Crippen LogP contribution in [0.5, 0.6) is 0 Å². The maximum absolute atomic E-state index is 13.6. The standard InChI is InChI=1S/C27H25F7N4O4/c1-36(19-10-16(26(29,30)31)9-17(11-19)27(32,33)34)25(42)37(2)21-13-38(12-20(21)14-3-5-18(28)6-4-14)24(41)15-7-22(39)35-23(40)8-15/h3-6,9-11,15,20-21H,7-8,12-13H2,1-2H3,(H,35,39,40)/t20-,21+/m0/s1. The number of nitrogens with one attached hydrogen (secondary N) is 1. The van der Waals surface area contributed by atoms with Gasteiger partial charge in [0.15, 0.2) is 0 Å². The van der Waals surface area contributed by atoms with E-state index in [0.29, 0.717) is 22.6 Å². The number of nitrogens with zero attached hydrogens (tertiary/aromatic N) is 3. The van der Waals surface area contributed by atoms with Crippen molar-refractivity contribution in [2.45, 2.75) is 37.2 Å². The van der Waals surface area contributed by atoms with Crippen LogP contribution in [0.15, 0.2) is 42.5 Å². The summed E-state index contributed by atoms with van der Waals surface area (Å²) in [5.41, 5.74) is -3.34. The normalized spacial score (nSPS) is 20.0. The number of alkyl halides is 6. The minimum Gasteiger partial charge on any atom is -0.340 e. The molecular formula is C27H25F7N4O4. The molecule has 0 radical (unpaired) electrons. The van der Waals surface area contributed by atoms with E-state index in [2.05, 4.69) is 5.32 Å². The molecule has 5 amide bonds. The number of halogens is 7. The fourth-order valence-corrected chi connectivity index (χ4v) is 5.23. The highest BCUT2D eigenvalue weighted by molar-refractivity contribution is 6.02. The van der Waals surface area contributed by atoms with Crippen LogP contribution >= 0.6 is 0 Å². The monoisotopic (exact) mass is 602 g/mol. The molecule has 2 atom stereocenters. The van der Waals surface area contributed by atoms with Crippen LogP contribution in [0.2, 0.25) is 0 Å². The van der Waals surface area contributed by atoms with Crippen molar-refractivity contribution in [1.82, 2.24) is 15.1 Å². The summed E-state index contributed by atoms with van der Waals surface area (Å²) in [6.07, 6.45) is -10.7. The van der Waals surface area contributed by atoms with Crippen LogP contribution in [-0.2, 0) is 26.7 Å². The van der Waals surface area contributed by atoms with E-state index >= 15 is 0 Å². The molecule has 8 nitrogen and oxygen atoms in total. The second kappa shape index (κ2) is 11.2. The average Bonchev–Trinajstić information content (AvgIpc) is 3.35. The molecule has 0 spiro atoms. The first-order valence-corrected chi connectivity index (χ1v) is 12.6. The highest BCUT2D eigenvalue weighted by atomic mass is 19.4. The Morgan fingerprint density at radius 3 is 1.88 bits per heavy atom. The molecule has 0 bridgehead atoms. The van der Waals surface area contributed by atoms with E-state index in [9.17, 15) is 49.9 Å². The first-order valence-electron chi connectivity index (χ1n) is 12.6. The van der Waals surface area contributed by atoms with Gasteiger partial charge in [-0.15, -0.1) is 0 Å². The highest BCUT2D eigenvalue weighted by Crippen LogP contribution is 2.39. The lowest BCUT2D eigenvalue weighted by atomic mass is 9.93. The fraction of sp³-hybridized carbons (Fsp3) is 0.407.